The first kappa shape index (κ1) is 18.2. The summed E-state index contributed by atoms with van der Waals surface area (Å²) in [6, 6.07) is 16.6. The van der Waals surface area contributed by atoms with Crippen LogP contribution in [0.2, 0.25) is 0 Å². The molecule has 3 aromatic rings. The Morgan fingerprint density at radius 2 is 1.93 bits per heavy atom. The lowest BCUT2D eigenvalue weighted by molar-refractivity contribution is 0.265. The molecule has 4 rings (SSSR count). The minimum Gasteiger partial charge on any atom is -0.394 e. The molecule has 2 aromatic carbocycles. The molecule has 1 fully saturated rings. The highest BCUT2D eigenvalue weighted by Crippen LogP contribution is 2.27. The van der Waals surface area contributed by atoms with Crippen LogP contribution in [0.15, 0.2) is 53.0 Å². The van der Waals surface area contributed by atoms with Crippen molar-refractivity contribution in [1.82, 2.24) is 9.97 Å². The molecule has 5 nitrogen and oxygen atoms in total. The first-order valence-corrected chi connectivity index (χ1v) is 10.2. The van der Waals surface area contributed by atoms with Crippen LogP contribution in [0, 0.1) is 0 Å². The number of aliphatic hydroxyl groups excluding tert-OH is 1. The van der Waals surface area contributed by atoms with Crippen molar-refractivity contribution < 1.29 is 5.11 Å². The fraction of sp³-hybridized carbons (Fsp3) is 0.333. The van der Waals surface area contributed by atoms with Gasteiger partial charge in [0.2, 0.25) is 5.95 Å². The number of anilines is 2. The van der Waals surface area contributed by atoms with E-state index in [1.165, 1.54) is 5.56 Å². The van der Waals surface area contributed by atoms with Gasteiger partial charge < -0.3 is 15.3 Å². The first-order valence-electron chi connectivity index (χ1n) is 9.37. The number of hydrogen-bond donors (Lipinski definition) is 2. The van der Waals surface area contributed by atoms with Crippen molar-refractivity contribution in [2.75, 3.05) is 29.9 Å². The lowest BCUT2D eigenvalue weighted by atomic mass is 10.1. The van der Waals surface area contributed by atoms with Crippen molar-refractivity contribution in [2.24, 2.45) is 0 Å². The average Bonchev–Trinajstić information content (AvgIpc) is 3.18. The molecule has 2 N–H and O–H groups in total. The van der Waals surface area contributed by atoms with Crippen molar-refractivity contribution in [2.45, 2.75) is 25.3 Å². The molecule has 0 spiro atoms. The highest BCUT2D eigenvalue weighted by molar-refractivity contribution is 9.10. The normalized spacial score (nSPS) is 16.8. The monoisotopic (exact) mass is 426 g/mol. The second-order valence-electron chi connectivity index (χ2n) is 6.86. The Morgan fingerprint density at radius 3 is 2.74 bits per heavy atom. The van der Waals surface area contributed by atoms with E-state index in [-0.39, 0.29) is 12.6 Å². The zero-order valence-electron chi connectivity index (χ0n) is 15.1. The molecule has 1 aromatic heterocycles. The smallest absolute Gasteiger partial charge is 0.228 e. The van der Waals surface area contributed by atoms with Gasteiger partial charge >= 0.3 is 0 Å². The average molecular weight is 427 g/mol. The van der Waals surface area contributed by atoms with Gasteiger partial charge in [-0.3, -0.25) is 0 Å². The molecule has 0 radical (unpaired) electrons. The third-order valence-corrected chi connectivity index (χ3v) is 5.58. The summed E-state index contributed by atoms with van der Waals surface area (Å²) in [5.74, 6) is 1.56. The summed E-state index contributed by atoms with van der Waals surface area (Å²) < 4.78 is 1.09. The van der Waals surface area contributed by atoms with Crippen molar-refractivity contribution in [1.29, 1.82) is 0 Å². The molecular formula is C21H23BrN4O. The molecule has 1 saturated heterocycles. The molecule has 2 heterocycles. The minimum absolute atomic E-state index is 0.113. The van der Waals surface area contributed by atoms with Gasteiger partial charge in [-0.25, -0.2) is 4.98 Å². The second-order valence-corrected chi connectivity index (χ2v) is 7.78. The zero-order valence-corrected chi connectivity index (χ0v) is 16.7. The van der Waals surface area contributed by atoms with Gasteiger partial charge in [0.15, 0.2) is 0 Å². The van der Waals surface area contributed by atoms with Crippen LogP contribution in [-0.4, -0.2) is 40.8 Å². The molecule has 6 heteroatoms. The molecule has 1 aliphatic rings. The van der Waals surface area contributed by atoms with Crippen LogP contribution >= 0.6 is 15.9 Å². The van der Waals surface area contributed by atoms with Gasteiger partial charge in [-0.2, -0.15) is 4.98 Å². The Hall–Kier alpha value is -2.18. The number of rotatable bonds is 6. The summed E-state index contributed by atoms with van der Waals surface area (Å²) in [5.41, 5.74) is 2.21. The van der Waals surface area contributed by atoms with Crippen molar-refractivity contribution in [3.63, 3.8) is 0 Å². The standard InChI is InChI=1S/C21H23BrN4O/c22-16-9-7-15(8-10-16)11-12-23-20-18-5-1-2-6-19(18)24-21(25-20)26-13-3-4-17(26)14-27/h1-2,5-10,17,27H,3-4,11-14H2,(H,23,24,25)/t17-/m0/s1. The molecule has 140 valence electrons. The summed E-state index contributed by atoms with van der Waals surface area (Å²) >= 11 is 3.47. The van der Waals surface area contributed by atoms with E-state index in [4.69, 9.17) is 9.97 Å². The molecule has 0 saturated carbocycles. The van der Waals surface area contributed by atoms with Crippen LogP contribution in [0.5, 0.6) is 0 Å². The number of hydrogen-bond acceptors (Lipinski definition) is 5. The molecule has 0 amide bonds. The molecule has 1 aliphatic heterocycles. The minimum atomic E-state index is 0.113. The fourth-order valence-corrected chi connectivity index (χ4v) is 3.86. The van der Waals surface area contributed by atoms with Gasteiger partial charge in [-0.15, -0.1) is 0 Å². The van der Waals surface area contributed by atoms with Gasteiger partial charge in [-0.05, 0) is 49.1 Å². The van der Waals surface area contributed by atoms with E-state index >= 15 is 0 Å². The number of aliphatic hydroxyl groups is 1. The maximum Gasteiger partial charge on any atom is 0.228 e. The third-order valence-electron chi connectivity index (χ3n) is 5.06. The van der Waals surface area contributed by atoms with Gasteiger partial charge in [0.25, 0.3) is 0 Å². The number of halogens is 1. The van der Waals surface area contributed by atoms with E-state index in [0.29, 0.717) is 5.95 Å². The van der Waals surface area contributed by atoms with Gasteiger partial charge in [0, 0.05) is 22.9 Å². The zero-order chi connectivity index (χ0) is 18.6. The van der Waals surface area contributed by atoms with Gasteiger partial charge in [-0.1, -0.05) is 40.2 Å². The van der Waals surface area contributed by atoms with Crippen LogP contribution < -0.4 is 10.2 Å². The van der Waals surface area contributed by atoms with E-state index < -0.39 is 0 Å². The van der Waals surface area contributed by atoms with E-state index in [1.54, 1.807) is 0 Å². The number of aromatic nitrogens is 2. The summed E-state index contributed by atoms with van der Waals surface area (Å²) in [4.78, 5) is 11.7. The van der Waals surface area contributed by atoms with E-state index in [1.807, 2.05) is 18.2 Å². The van der Waals surface area contributed by atoms with Crippen LogP contribution in [0.1, 0.15) is 18.4 Å². The Bertz CT molecular complexity index is 916. The quantitative estimate of drug-likeness (QED) is 0.623. The predicted molar refractivity (Wildman–Crippen MR) is 113 cm³/mol. The van der Waals surface area contributed by atoms with Crippen molar-refractivity contribution in [3.05, 3.63) is 58.6 Å². The van der Waals surface area contributed by atoms with Crippen LogP contribution in [0.3, 0.4) is 0 Å². The number of nitrogens with one attached hydrogen (secondary N) is 1. The summed E-state index contributed by atoms with van der Waals surface area (Å²) in [6.07, 6.45) is 2.97. The number of nitrogens with zero attached hydrogens (tertiary/aromatic N) is 3. The van der Waals surface area contributed by atoms with E-state index in [2.05, 4.69) is 56.5 Å². The molecule has 1 atom stereocenters. The highest BCUT2D eigenvalue weighted by Gasteiger charge is 2.26. The lowest BCUT2D eigenvalue weighted by Crippen LogP contribution is -2.33. The Morgan fingerprint density at radius 1 is 1.11 bits per heavy atom. The summed E-state index contributed by atoms with van der Waals surface area (Å²) in [5, 5.41) is 14.2. The SMILES string of the molecule is OC[C@@H]1CCCN1c1nc(NCCc2ccc(Br)cc2)c2ccccc2n1. The van der Waals surface area contributed by atoms with Gasteiger partial charge in [0.05, 0.1) is 18.2 Å². The van der Waals surface area contributed by atoms with Crippen LogP contribution in [-0.2, 0) is 6.42 Å². The predicted octanol–water partition coefficient (Wildman–Crippen LogP) is 4.01. The van der Waals surface area contributed by atoms with E-state index in [9.17, 15) is 5.11 Å². The third kappa shape index (κ3) is 4.06. The van der Waals surface area contributed by atoms with Crippen molar-refractivity contribution in [3.8, 4) is 0 Å². The van der Waals surface area contributed by atoms with E-state index in [0.717, 1.165) is 53.5 Å². The maximum atomic E-state index is 9.65. The topological polar surface area (TPSA) is 61.3 Å². The largest absolute Gasteiger partial charge is 0.394 e. The highest BCUT2D eigenvalue weighted by atomic mass is 79.9. The molecule has 27 heavy (non-hydrogen) atoms. The Balaban J connectivity index is 1.57. The number of para-hydroxylation sites is 1. The van der Waals surface area contributed by atoms with Crippen LogP contribution in [0.4, 0.5) is 11.8 Å². The number of benzene rings is 2. The molecule has 0 aliphatic carbocycles. The van der Waals surface area contributed by atoms with Crippen LogP contribution in [0.25, 0.3) is 10.9 Å². The molecule has 0 unspecified atom stereocenters. The first-order chi connectivity index (χ1) is 13.2. The molecular weight excluding hydrogens is 404 g/mol. The Labute approximate surface area is 167 Å². The fourth-order valence-electron chi connectivity index (χ4n) is 3.59. The second kappa shape index (κ2) is 8.23. The Kier molecular flexibility index (Phi) is 5.55. The van der Waals surface area contributed by atoms with Gasteiger partial charge in [0.1, 0.15) is 5.82 Å². The number of fused-ring (bicyclic) bond motifs is 1. The maximum absolute atomic E-state index is 9.65. The van der Waals surface area contributed by atoms with Crippen molar-refractivity contribution >= 4 is 38.6 Å². The lowest BCUT2D eigenvalue weighted by Gasteiger charge is -2.24. The summed E-state index contributed by atoms with van der Waals surface area (Å²) in [7, 11) is 0. The summed E-state index contributed by atoms with van der Waals surface area (Å²) in [6.45, 7) is 1.83. The molecule has 0 bridgehead atoms.